The Labute approximate surface area is 200 Å². The predicted molar refractivity (Wildman–Crippen MR) is 130 cm³/mol. The molecule has 2 aromatic rings. The van der Waals surface area contributed by atoms with Crippen molar-refractivity contribution in [2.45, 2.75) is 32.0 Å². The molecule has 2 saturated heterocycles. The molecule has 4 rings (SSSR count). The number of aryl methyl sites for hydroxylation is 1. The number of carbonyl (C=O) groups excluding carboxylic acids is 1. The zero-order valence-electron chi connectivity index (χ0n) is 18.2. The van der Waals surface area contributed by atoms with E-state index in [1.165, 1.54) is 11.1 Å². The van der Waals surface area contributed by atoms with Gasteiger partial charge in [0, 0.05) is 58.5 Å². The lowest BCUT2D eigenvalue weighted by atomic mass is 10.1. The molecule has 0 bridgehead atoms. The number of rotatable bonds is 5. The molecule has 3 heterocycles. The van der Waals surface area contributed by atoms with Gasteiger partial charge in [-0.05, 0) is 17.5 Å². The fourth-order valence-corrected chi connectivity index (χ4v) is 4.12. The second kappa shape index (κ2) is 10.9. The topological polar surface area (TPSA) is 75.0 Å². The van der Waals surface area contributed by atoms with Crippen LogP contribution >= 0.6 is 24.0 Å². The van der Waals surface area contributed by atoms with E-state index in [2.05, 4.69) is 32.4 Å². The van der Waals surface area contributed by atoms with Crippen molar-refractivity contribution in [1.82, 2.24) is 24.9 Å². The van der Waals surface area contributed by atoms with E-state index in [4.69, 9.17) is 4.74 Å². The lowest BCUT2D eigenvalue weighted by molar-refractivity contribution is -0.128. The van der Waals surface area contributed by atoms with Crippen molar-refractivity contribution < 1.29 is 9.53 Å². The summed E-state index contributed by atoms with van der Waals surface area (Å²) in [4.78, 5) is 20.7. The second-order valence-corrected chi connectivity index (χ2v) is 7.84. The SMILES string of the molecule is CN=C(NCc1ccccc1CN1CCCC1=O)N1CCOC(c2cnn(C)c2)C1.I. The van der Waals surface area contributed by atoms with E-state index in [-0.39, 0.29) is 36.0 Å². The summed E-state index contributed by atoms with van der Waals surface area (Å²) in [7, 11) is 3.73. The Balaban J connectivity index is 0.00000272. The molecule has 2 aliphatic rings. The van der Waals surface area contributed by atoms with Crippen molar-refractivity contribution in [3.63, 3.8) is 0 Å². The minimum atomic E-state index is -0.0144. The molecule has 168 valence electrons. The van der Waals surface area contributed by atoms with Crippen molar-refractivity contribution in [2.24, 2.45) is 12.0 Å². The first-order valence-electron chi connectivity index (χ1n) is 10.5. The molecule has 1 amide bonds. The fraction of sp³-hybridized carbons (Fsp3) is 0.500. The van der Waals surface area contributed by atoms with Gasteiger partial charge in [-0.1, -0.05) is 24.3 Å². The summed E-state index contributed by atoms with van der Waals surface area (Å²) in [6.45, 7) is 4.37. The van der Waals surface area contributed by atoms with Crippen LogP contribution in [0.3, 0.4) is 0 Å². The number of hydrogen-bond acceptors (Lipinski definition) is 4. The summed E-state index contributed by atoms with van der Waals surface area (Å²) in [6.07, 6.45) is 5.48. The van der Waals surface area contributed by atoms with Gasteiger partial charge in [0.25, 0.3) is 0 Å². The van der Waals surface area contributed by atoms with Crippen LogP contribution in [0.15, 0.2) is 41.7 Å². The van der Waals surface area contributed by atoms with E-state index in [1.807, 2.05) is 43.5 Å². The Morgan fingerprint density at radius 2 is 2.10 bits per heavy atom. The molecule has 8 nitrogen and oxygen atoms in total. The molecule has 0 aliphatic carbocycles. The molecular weight excluding hydrogens is 507 g/mol. The van der Waals surface area contributed by atoms with Gasteiger partial charge in [-0.15, -0.1) is 24.0 Å². The number of morpholine rings is 1. The maximum atomic E-state index is 12.0. The van der Waals surface area contributed by atoms with Crippen molar-refractivity contribution in [3.8, 4) is 0 Å². The predicted octanol–water partition coefficient (Wildman–Crippen LogP) is 2.31. The highest BCUT2D eigenvalue weighted by Gasteiger charge is 2.25. The van der Waals surface area contributed by atoms with Gasteiger partial charge >= 0.3 is 0 Å². The third-order valence-corrected chi connectivity index (χ3v) is 5.76. The molecule has 1 N–H and O–H groups in total. The Bertz CT molecular complexity index is 915. The van der Waals surface area contributed by atoms with Gasteiger partial charge in [0.15, 0.2) is 5.96 Å². The number of benzene rings is 1. The molecule has 0 spiro atoms. The maximum Gasteiger partial charge on any atom is 0.222 e. The monoisotopic (exact) mass is 538 g/mol. The van der Waals surface area contributed by atoms with E-state index in [1.54, 1.807) is 4.68 Å². The Morgan fingerprint density at radius 1 is 1.29 bits per heavy atom. The normalized spacial score (nSPS) is 19.5. The third kappa shape index (κ3) is 5.76. The van der Waals surface area contributed by atoms with E-state index in [9.17, 15) is 4.79 Å². The van der Waals surface area contributed by atoms with Crippen LogP contribution in [0.1, 0.15) is 35.6 Å². The molecular formula is C22H31IN6O2. The summed E-state index contributed by atoms with van der Waals surface area (Å²) in [5.41, 5.74) is 3.46. The summed E-state index contributed by atoms with van der Waals surface area (Å²) in [5.74, 6) is 1.11. The average molecular weight is 538 g/mol. The smallest absolute Gasteiger partial charge is 0.222 e. The Kier molecular flexibility index (Phi) is 8.30. The highest BCUT2D eigenvalue weighted by atomic mass is 127. The summed E-state index contributed by atoms with van der Waals surface area (Å²) in [6, 6.07) is 8.31. The van der Waals surface area contributed by atoms with Crippen molar-refractivity contribution >= 4 is 35.8 Å². The average Bonchev–Trinajstić information content (AvgIpc) is 3.38. The van der Waals surface area contributed by atoms with Crippen LogP contribution in [0.5, 0.6) is 0 Å². The van der Waals surface area contributed by atoms with Crippen LogP contribution < -0.4 is 5.32 Å². The number of likely N-dealkylation sites (tertiary alicyclic amines) is 1. The number of hydrogen-bond donors (Lipinski definition) is 1. The van der Waals surface area contributed by atoms with Crippen LogP contribution in [0, 0.1) is 0 Å². The van der Waals surface area contributed by atoms with E-state index >= 15 is 0 Å². The molecule has 9 heteroatoms. The lowest BCUT2D eigenvalue weighted by Gasteiger charge is -2.35. The Morgan fingerprint density at radius 3 is 2.77 bits per heavy atom. The number of nitrogens with one attached hydrogen (secondary N) is 1. The van der Waals surface area contributed by atoms with Gasteiger partial charge in [-0.2, -0.15) is 5.10 Å². The second-order valence-electron chi connectivity index (χ2n) is 7.84. The van der Waals surface area contributed by atoms with Gasteiger partial charge in [0.05, 0.1) is 19.3 Å². The van der Waals surface area contributed by atoms with Crippen LogP contribution in [-0.2, 0) is 29.7 Å². The molecule has 31 heavy (non-hydrogen) atoms. The number of aliphatic imine (C=N–C) groups is 1. The number of ether oxygens (including phenoxy) is 1. The molecule has 0 saturated carbocycles. The molecule has 2 aliphatic heterocycles. The van der Waals surface area contributed by atoms with Crippen molar-refractivity contribution in [3.05, 3.63) is 53.3 Å². The van der Waals surface area contributed by atoms with Gasteiger partial charge in [0.2, 0.25) is 5.91 Å². The third-order valence-electron chi connectivity index (χ3n) is 5.76. The zero-order chi connectivity index (χ0) is 20.9. The number of nitrogens with zero attached hydrogens (tertiary/aromatic N) is 5. The summed E-state index contributed by atoms with van der Waals surface area (Å²) >= 11 is 0. The Hall–Kier alpha value is -2.14. The summed E-state index contributed by atoms with van der Waals surface area (Å²) < 4.78 is 7.75. The highest BCUT2D eigenvalue weighted by Crippen LogP contribution is 2.22. The number of carbonyl (C=O) groups is 1. The number of aromatic nitrogens is 2. The van der Waals surface area contributed by atoms with Gasteiger partial charge in [-0.25, -0.2) is 0 Å². The van der Waals surface area contributed by atoms with Crippen LogP contribution in [0.25, 0.3) is 0 Å². The molecule has 2 fully saturated rings. The number of halogens is 1. The molecule has 1 atom stereocenters. The van der Waals surface area contributed by atoms with Crippen LogP contribution in [0.2, 0.25) is 0 Å². The maximum absolute atomic E-state index is 12.0. The number of guanidine groups is 1. The quantitative estimate of drug-likeness (QED) is 0.360. The fourth-order valence-electron chi connectivity index (χ4n) is 4.12. The summed E-state index contributed by atoms with van der Waals surface area (Å²) in [5, 5.41) is 7.76. The van der Waals surface area contributed by atoms with Crippen molar-refractivity contribution in [1.29, 1.82) is 0 Å². The van der Waals surface area contributed by atoms with Gasteiger partial charge < -0.3 is 19.9 Å². The highest BCUT2D eigenvalue weighted by molar-refractivity contribution is 14.0. The largest absolute Gasteiger partial charge is 0.370 e. The van der Waals surface area contributed by atoms with E-state index in [0.29, 0.717) is 26.1 Å². The molecule has 1 unspecified atom stereocenters. The minimum Gasteiger partial charge on any atom is -0.370 e. The first-order chi connectivity index (χ1) is 14.6. The molecule has 1 aromatic carbocycles. The van der Waals surface area contributed by atoms with Crippen LogP contribution in [0.4, 0.5) is 0 Å². The lowest BCUT2D eigenvalue weighted by Crippen LogP contribution is -2.48. The number of amides is 1. The van der Waals surface area contributed by atoms with E-state index < -0.39 is 0 Å². The van der Waals surface area contributed by atoms with Crippen LogP contribution in [-0.4, -0.2) is 64.7 Å². The minimum absolute atomic E-state index is 0. The first kappa shape index (κ1) is 23.5. The van der Waals surface area contributed by atoms with Gasteiger partial charge in [0.1, 0.15) is 6.10 Å². The van der Waals surface area contributed by atoms with Crippen molar-refractivity contribution in [2.75, 3.05) is 33.3 Å². The van der Waals surface area contributed by atoms with E-state index in [0.717, 1.165) is 37.6 Å². The standard InChI is InChI=1S/C22H30N6O2.HI/c1-23-22(28-10-11-30-20(16-28)19-13-25-26(2)14-19)24-12-17-6-3-4-7-18(17)15-27-9-5-8-21(27)29;/h3-4,6-7,13-14,20H,5,8-12,15-16H2,1-2H3,(H,23,24);1H. The molecule has 0 radical (unpaired) electrons. The zero-order valence-corrected chi connectivity index (χ0v) is 20.5. The first-order valence-corrected chi connectivity index (χ1v) is 10.5. The molecule has 1 aromatic heterocycles. The van der Waals surface area contributed by atoms with Gasteiger partial charge in [-0.3, -0.25) is 14.5 Å².